The number of nitrogens with two attached hydrogens (primary N) is 2. The molecule has 0 unspecified atom stereocenters. The molecule has 6 heteroatoms. The van der Waals surface area contributed by atoms with Crippen LogP contribution in [0.1, 0.15) is 16.7 Å². The average Bonchev–Trinajstić information content (AvgIpc) is 2.60. The van der Waals surface area contributed by atoms with Gasteiger partial charge in [-0.2, -0.15) is 0 Å². The van der Waals surface area contributed by atoms with Crippen LogP contribution >= 0.6 is 0 Å². The van der Waals surface area contributed by atoms with Gasteiger partial charge in [0.25, 0.3) is 0 Å². The van der Waals surface area contributed by atoms with Gasteiger partial charge < -0.3 is 15.6 Å². The van der Waals surface area contributed by atoms with Crippen molar-refractivity contribution >= 4 is 5.97 Å². The minimum absolute atomic E-state index is 0.242. The predicted octanol–water partition coefficient (Wildman–Crippen LogP) is 1.45. The maximum absolute atomic E-state index is 10.9. The molecule has 0 spiro atoms. The van der Waals surface area contributed by atoms with Crippen LogP contribution in [0.25, 0.3) is 0 Å². The second-order valence-corrected chi connectivity index (χ2v) is 4.89. The number of carboxylic acid groups (broad SMARTS) is 1. The number of aryl methyl sites for hydroxylation is 1. The lowest BCUT2D eigenvalue weighted by atomic mass is 10.1. The van der Waals surface area contributed by atoms with Crippen molar-refractivity contribution in [2.24, 2.45) is 11.6 Å². The van der Waals surface area contributed by atoms with E-state index in [1.165, 1.54) is 0 Å². The van der Waals surface area contributed by atoms with Crippen molar-refractivity contribution in [3.63, 3.8) is 0 Å². The summed E-state index contributed by atoms with van der Waals surface area (Å²) in [5.74, 6) is 10.2. The molecule has 0 saturated heterocycles. The second-order valence-electron chi connectivity index (χ2n) is 4.89. The lowest BCUT2D eigenvalue weighted by Crippen LogP contribution is -2.31. The van der Waals surface area contributed by atoms with Gasteiger partial charge in [-0.1, -0.05) is 36.1 Å². The van der Waals surface area contributed by atoms with Crippen LogP contribution < -0.4 is 21.7 Å². The summed E-state index contributed by atoms with van der Waals surface area (Å²) in [4.78, 5) is 10.9. The molecule has 6 N–H and O–H groups in total. The van der Waals surface area contributed by atoms with Gasteiger partial charge in [-0.25, -0.2) is 10.6 Å². The number of carboxylic acids is 1. The highest BCUT2D eigenvalue weighted by Crippen LogP contribution is 2.19. The summed E-state index contributed by atoms with van der Waals surface area (Å²) in [6, 6.07) is 14.8. The number of nitrogens with one attached hydrogen (secondary N) is 1. The smallest absolute Gasteiger partial charge is 0.357 e. The van der Waals surface area contributed by atoms with Gasteiger partial charge >= 0.3 is 5.97 Å². The summed E-state index contributed by atoms with van der Waals surface area (Å²) in [5, 5.41) is 8.89. The molecule has 0 aromatic heterocycles. The molecule has 0 aliphatic heterocycles. The van der Waals surface area contributed by atoms with Gasteiger partial charge in [0.2, 0.25) is 5.88 Å². The quantitative estimate of drug-likeness (QED) is 0.223. The van der Waals surface area contributed by atoms with Crippen molar-refractivity contribution in [3.8, 4) is 17.6 Å². The van der Waals surface area contributed by atoms with E-state index in [1.807, 2.05) is 43.3 Å². The molecule has 0 aliphatic rings. The van der Waals surface area contributed by atoms with Crippen LogP contribution in [0.4, 0.5) is 0 Å². The minimum Gasteiger partial charge on any atom is -0.476 e. The molecule has 24 heavy (non-hydrogen) atoms. The third kappa shape index (κ3) is 4.29. The molecule has 0 fully saturated rings. The Labute approximate surface area is 139 Å². The molecule has 0 saturated carbocycles. The lowest BCUT2D eigenvalue weighted by Gasteiger charge is -2.11. The van der Waals surface area contributed by atoms with Gasteiger partial charge in [0.1, 0.15) is 5.75 Å². The molecule has 0 bridgehead atoms. The molecule has 2 aromatic rings. The number of carbonyl (C=O) groups is 1. The van der Waals surface area contributed by atoms with Gasteiger partial charge in [0.15, 0.2) is 5.70 Å². The SMILES string of the molecule is Cc1ccc(O/C(NN)=C(/N)C(=O)O)cc1C#Cc1ccccc1. The maximum atomic E-state index is 10.9. The summed E-state index contributed by atoms with van der Waals surface area (Å²) < 4.78 is 5.40. The summed E-state index contributed by atoms with van der Waals surface area (Å²) >= 11 is 0. The van der Waals surface area contributed by atoms with E-state index in [9.17, 15) is 4.79 Å². The number of hydrazine groups is 1. The molecule has 0 heterocycles. The van der Waals surface area contributed by atoms with Crippen LogP contribution in [0.3, 0.4) is 0 Å². The molecule has 6 nitrogen and oxygen atoms in total. The Morgan fingerprint density at radius 1 is 1.17 bits per heavy atom. The molecular weight excluding hydrogens is 306 g/mol. The van der Waals surface area contributed by atoms with Crippen LogP contribution in [-0.2, 0) is 4.79 Å². The third-order valence-electron chi connectivity index (χ3n) is 3.15. The summed E-state index contributed by atoms with van der Waals surface area (Å²) in [5.41, 5.74) is 9.63. The molecule has 0 aliphatic carbocycles. The summed E-state index contributed by atoms with van der Waals surface area (Å²) in [6.45, 7) is 1.92. The Hall–Kier alpha value is -3.43. The number of aliphatic carboxylic acids is 1. The Kier molecular flexibility index (Phi) is 5.45. The fraction of sp³-hybridized carbons (Fsp3) is 0.0556. The van der Waals surface area contributed by atoms with Crippen molar-refractivity contribution in [2.75, 3.05) is 0 Å². The Balaban J connectivity index is 2.31. The van der Waals surface area contributed by atoms with E-state index in [4.69, 9.17) is 21.4 Å². The van der Waals surface area contributed by atoms with Crippen molar-refractivity contribution in [1.82, 2.24) is 5.43 Å². The highest BCUT2D eigenvalue weighted by molar-refractivity contribution is 5.85. The number of rotatable bonds is 4. The first-order valence-corrected chi connectivity index (χ1v) is 7.06. The van der Waals surface area contributed by atoms with Crippen LogP contribution in [0.5, 0.6) is 5.75 Å². The first-order chi connectivity index (χ1) is 11.5. The second kappa shape index (κ2) is 7.72. The third-order valence-corrected chi connectivity index (χ3v) is 3.15. The number of ether oxygens (including phenoxy) is 1. The Bertz CT molecular complexity index is 834. The maximum Gasteiger partial charge on any atom is 0.357 e. The number of hydrogen-bond donors (Lipinski definition) is 4. The largest absolute Gasteiger partial charge is 0.476 e. The van der Waals surface area contributed by atoms with Crippen LogP contribution in [0.15, 0.2) is 60.1 Å². The predicted molar refractivity (Wildman–Crippen MR) is 90.4 cm³/mol. The first kappa shape index (κ1) is 16.9. The number of hydrogen-bond acceptors (Lipinski definition) is 5. The monoisotopic (exact) mass is 323 g/mol. The fourth-order valence-corrected chi connectivity index (χ4v) is 1.84. The minimum atomic E-state index is -1.33. The van der Waals surface area contributed by atoms with E-state index in [-0.39, 0.29) is 5.88 Å². The van der Waals surface area contributed by atoms with Crippen LogP contribution in [0, 0.1) is 18.8 Å². The molecule has 0 radical (unpaired) electrons. The molecule has 0 amide bonds. The normalized spacial score (nSPS) is 10.9. The summed E-state index contributed by atoms with van der Waals surface area (Å²) in [7, 11) is 0. The van der Waals surface area contributed by atoms with E-state index in [1.54, 1.807) is 12.1 Å². The Morgan fingerprint density at radius 3 is 2.50 bits per heavy atom. The van der Waals surface area contributed by atoms with Gasteiger partial charge in [0, 0.05) is 11.1 Å². The average molecular weight is 323 g/mol. The van der Waals surface area contributed by atoms with Crippen LogP contribution in [-0.4, -0.2) is 11.1 Å². The molecule has 122 valence electrons. The van der Waals surface area contributed by atoms with E-state index >= 15 is 0 Å². The van der Waals surface area contributed by atoms with Gasteiger partial charge in [-0.15, -0.1) is 0 Å². The molecule has 2 rings (SSSR count). The standard InChI is InChI=1S/C18H17N3O3/c1-12-7-10-15(24-17(21-20)16(19)18(22)23)11-14(12)9-8-13-5-3-2-4-6-13/h2-7,10-11,21H,19-20H2,1H3,(H,22,23)/b17-16+. The zero-order chi connectivity index (χ0) is 17.5. The van der Waals surface area contributed by atoms with E-state index in [0.29, 0.717) is 5.75 Å². The van der Waals surface area contributed by atoms with Gasteiger partial charge in [0.05, 0.1) is 0 Å². The Morgan fingerprint density at radius 2 is 1.88 bits per heavy atom. The topological polar surface area (TPSA) is 111 Å². The van der Waals surface area contributed by atoms with Crippen molar-refractivity contribution in [3.05, 3.63) is 76.8 Å². The van der Waals surface area contributed by atoms with E-state index in [2.05, 4.69) is 17.3 Å². The van der Waals surface area contributed by atoms with Crippen molar-refractivity contribution < 1.29 is 14.6 Å². The van der Waals surface area contributed by atoms with Gasteiger partial charge in [-0.3, -0.25) is 5.43 Å². The molecular formula is C18H17N3O3. The first-order valence-electron chi connectivity index (χ1n) is 7.06. The van der Waals surface area contributed by atoms with Gasteiger partial charge in [-0.05, 0) is 36.8 Å². The lowest BCUT2D eigenvalue weighted by molar-refractivity contribution is -0.132. The van der Waals surface area contributed by atoms with Crippen molar-refractivity contribution in [2.45, 2.75) is 6.92 Å². The highest BCUT2D eigenvalue weighted by atomic mass is 16.5. The zero-order valence-electron chi connectivity index (χ0n) is 13.0. The molecule has 2 aromatic carbocycles. The zero-order valence-corrected chi connectivity index (χ0v) is 13.0. The van der Waals surface area contributed by atoms with E-state index in [0.717, 1.165) is 16.7 Å². The fourth-order valence-electron chi connectivity index (χ4n) is 1.84. The molecule has 0 atom stereocenters. The van der Waals surface area contributed by atoms with E-state index < -0.39 is 11.7 Å². The highest BCUT2D eigenvalue weighted by Gasteiger charge is 2.12. The van der Waals surface area contributed by atoms with Crippen molar-refractivity contribution in [1.29, 1.82) is 0 Å². The van der Waals surface area contributed by atoms with Crippen LogP contribution in [0.2, 0.25) is 0 Å². The number of benzene rings is 2. The summed E-state index contributed by atoms with van der Waals surface area (Å²) in [6.07, 6.45) is 0.